The van der Waals surface area contributed by atoms with Crippen molar-refractivity contribution in [3.63, 3.8) is 0 Å². The van der Waals surface area contributed by atoms with Gasteiger partial charge in [-0.15, -0.1) is 0 Å². The Hall–Kier alpha value is -3.08. The van der Waals surface area contributed by atoms with Crippen molar-refractivity contribution >= 4 is 40.6 Å². The molecule has 1 rings (SSSR count). The maximum absolute atomic E-state index is 13.7. The molecule has 35 heavy (non-hydrogen) atoms. The minimum absolute atomic E-state index is 0.0278. The van der Waals surface area contributed by atoms with E-state index in [0.717, 1.165) is 17.3 Å². The van der Waals surface area contributed by atoms with Gasteiger partial charge in [-0.1, -0.05) is 37.7 Å². The number of methoxy groups -OCH3 is 1. The summed E-state index contributed by atoms with van der Waals surface area (Å²) in [7, 11) is 3.03. The van der Waals surface area contributed by atoms with E-state index in [2.05, 4.69) is 10.6 Å². The van der Waals surface area contributed by atoms with Crippen molar-refractivity contribution in [1.29, 1.82) is 0 Å². The molecule has 0 aliphatic carbocycles. The number of hydrogen-bond acceptors (Lipinski definition) is 7. The SMILES string of the molecule is CNC(=O)[C@H](Cc1ccc(OC)cc1)NC(=O)C(C)(CC(C)C)C(CC(=O)NC(N)=O)SC(C)=O. The molecule has 194 valence electrons. The molecule has 0 aliphatic rings. The summed E-state index contributed by atoms with van der Waals surface area (Å²) in [4.78, 5) is 61.8. The van der Waals surface area contributed by atoms with E-state index in [-0.39, 0.29) is 29.8 Å². The fourth-order valence-electron chi connectivity index (χ4n) is 3.88. The zero-order valence-corrected chi connectivity index (χ0v) is 21.9. The monoisotopic (exact) mass is 508 g/mol. The number of nitrogens with two attached hydrogens (primary N) is 1. The third-order valence-electron chi connectivity index (χ3n) is 5.47. The fraction of sp³-hybridized carbons (Fsp3) is 0.542. The molecule has 3 atom stereocenters. The Kier molecular flexibility index (Phi) is 11.7. The zero-order valence-electron chi connectivity index (χ0n) is 21.1. The second kappa shape index (κ2) is 13.7. The van der Waals surface area contributed by atoms with Crippen molar-refractivity contribution in [2.24, 2.45) is 17.1 Å². The van der Waals surface area contributed by atoms with Crippen molar-refractivity contribution < 1.29 is 28.7 Å². The van der Waals surface area contributed by atoms with Gasteiger partial charge in [-0.2, -0.15) is 0 Å². The molecule has 2 unspecified atom stereocenters. The number of likely N-dealkylation sites (N-methyl/N-ethyl adjacent to an activating group) is 1. The van der Waals surface area contributed by atoms with Gasteiger partial charge in [0.1, 0.15) is 11.8 Å². The number of imide groups is 1. The van der Waals surface area contributed by atoms with Gasteiger partial charge >= 0.3 is 6.03 Å². The Morgan fingerprint density at radius 1 is 1.11 bits per heavy atom. The van der Waals surface area contributed by atoms with Crippen LogP contribution in [0.1, 0.15) is 46.1 Å². The van der Waals surface area contributed by atoms with Crippen LogP contribution < -0.4 is 26.4 Å². The molecule has 0 fully saturated rings. The standard InChI is InChI=1S/C24H36N4O6S/c1-14(2)13-24(4,19(35-15(3)29)12-20(30)28-23(25)33)22(32)27-18(21(31)26-5)11-16-7-9-17(34-6)10-8-16/h7-10,14,18-19H,11-13H2,1-6H3,(H,26,31)(H,27,32)(H3,25,28,30,33)/t18-,19?,24?/m0/s1. The molecule has 1 aromatic rings. The smallest absolute Gasteiger partial charge is 0.318 e. The molecule has 10 nitrogen and oxygen atoms in total. The molecule has 11 heteroatoms. The van der Waals surface area contributed by atoms with Crippen LogP contribution in [0.4, 0.5) is 4.79 Å². The maximum atomic E-state index is 13.7. The van der Waals surface area contributed by atoms with Gasteiger partial charge in [0.15, 0.2) is 5.12 Å². The number of carbonyl (C=O) groups excluding carboxylic acids is 5. The highest BCUT2D eigenvalue weighted by atomic mass is 32.2. The molecule has 0 aliphatic heterocycles. The Balaban J connectivity index is 3.29. The minimum atomic E-state index is -1.22. The molecule has 0 bridgehead atoms. The largest absolute Gasteiger partial charge is 0.497 e. The quantitative estimate of drug-likeness (QED) is 0.335. The zero-order chi connectivity index (χ0) is 26.8. The number of rotatable bonds is 12. The summed E-state index contributed by atoms with van der Waals surface area (Å²) < 4.78 is 5.16. The summed E-state index contributed by atoms with van der Waals surface area (Å²) >= 11 is 0.854. The van der Waals surface area contributed by atoms with Gasteiger partial charge < -0.3 is 21.1 Å². The van der Waals surface area contributed by atoms with Crippen molar-refractivity contribution in [3.05, 3.63) is 29.8 Å². The molecule has 0 aromatic heterocycles. The minimum Gasteiger partial charge on any atom is -0.497 e. The first-order valence-electron chi connectivity index (χ1n) is 11.2. The van der Waals surface area contributed by atoms with Gasteiger partial charge in [0, 0.05) is 32.1 Å². The summed E-state index contributed by atoms with van der Waals surface area (Å²) in [6.45, 7) is 6.83. The summed E-state index contributed by atoms with van der Waals surface area (Å²) in [5.74, 6) is -0.862. The van der Waals surface area contributed by atoms with Gasteiger partial charge in [0.2, 0.25) is 17.7 Å². The second-order valence-electron chi connectivity index (χ2n) is 8.92. The van der Waals surface area contributed by atoms with E-state index in [1.807, 2.05) is 19.2 Å². The number of ether oxygens (including phenoxy) is 1. The van der Waals surface area contributed by atoms with Crippen molar-refractivity contribution in [3.8, 4) is 5.75 Å². The van der Waals surface area contributed by atoms with E-state index in [1.54, 1.807) is 38.3 Å². The molecule has 5 amide bonds. The van der Waals surface area contributed by atoms with Crippen LogP contribution in [0.3, 0.4) is 0 Å². The van der Waals surface area contributed by atoms with E-state index in [9.17, 15) is 24.0 Å². The number of hydrogen-bond donors (Lipinski definition) is 4. The average molecular weight is 509 g/mol. The molecule has 5 N–H and O–H groups in total. The lowest BCUT2D eigenvalue weighted by Crippen LogP contribution is -2.55. The molecule has 0 saturated carbocycles. The Bertz CT molecular complexity index is 921. The molecular formula is C24H36N4O6S. The van der Waals surface area contributed by atoms with Crippen LogP contribution in [-0.2, 0) is 25.6 Å². The summed E-state index contributed by atoms with van der Waals surface area (Å²) in [6.07, 6.45) is 0.267. The normalized spacial score (nSPS) is 14.3. The predicted molar refractivity (Wildman–Crippen MR) is 135 cm³/mol. The Morgan fingerprint density at radius 2 is 1.71 bits per heavy atom. The van der Waals surface area contributed by atoms with Crippen molar-refractivity contribution in [2.75, 3.05) is 14.2 Å². The van der Waals surface area contributed by atoms with Crippen LogP contribution in [0, 0.1) is 11.3 Å². The van der Waals surface area contributed by atoms with Crippen molar-refractivity contribution in [2.45, 2.75) is 58.2 Å². The average Bonchev–Trinajstić information content (AvgIpc) is 2.76. The Labute approximate surface area is 210 Å². The molecular weight excluding hydrogens is 472 g/mol. The number of nitrogens with one attached hydrogen (secondary N) is 3. The van der Waals surface area contributed by atoms with E-state index in [0.29, 0.717) is 12.2 Å². The second-order valence-corrected chi connectivity index (χ2v) is 10.3. The third kappa shape index (κ3) is 9.59. The first kappa shape index (κ1) is 30.0. The number of primary amides is 1. The van der Waals surface area contributed by atoms with Crippen LogP contribution in [0.25, 0.3) is 0 Å². The van der Waals surface area contributed by atoms with Gasteiger partial charge in [0.05, 0.1) is 12.5 Å². The highest BCUT2D eigenvalue weighted by molar-refractivity contribution is 8.14. The molecule has 0 saturated heterocycles. The predicted octanol–water partition coefficient (Wildman–Crippen LogP) is 1.75. The maximum Gasteiger partial charge on any atom is 0.318 e. The molecule has 0 heterocycles. The first-order valence-corrected chi connectivity index (χ1v) is 12.1. The Morgan fingerprint density at radius 3 is 2.17 bits per heavy atom. The van der Waals surface area contributed by atoms with Gasteiger partial charge in [0.25, 0.3) is 0 Å². The lowest BCUT2D eigenvalue weighted by Gasteiger charge is -2.37. The highest BCUT2D eigenvalue weighted by Crippen LogP contribution is 2.40. The highest BCUT2D eigenvalue weighted by Gasteiger charge is 2.45. The number of amides is 5. The topological polar surface area (TPSA) is 157 Å². The van der Waals surface area contributed by atoms with E-state index >= 15 is 0 Å². The molecule has 0 radical (unpaired) electrons. The van der Waals surface area contributed by atoms with Crippen LogP contribution in [0.15, 0.2) is 24.3 Å². The van der Waals surface area contributed by atoms with Crippen LogP contribution in [0.2, 0.25) is 0 Å². The number of benzene rings is 1. The van der Waals surface area contributed by atoms with Gasteiger partial charge in [-0.05, 0) is 37.0 Å². The van der Waals surface area contributed by atoms with Crippen LogP contribution >= 0.6 is 11.8 Å². The number of carbonyl (C=O) groups is 5. The molecule has 0 spiro atoms. The van der Waals surface area contributed by atoms with E-state index in [1.165, 1.54) is 14.0 Å². The van der Waals surface area contributed by atoms with Crippen molar-refractivity contribution in [1.82, 2.24) is 16.0 Å². The number of thioether (sulfide) groups is 1. The first-order chi connectivity index (χ1) is 16.3. The summed E-state index contributed by atoms with van der Waals surface area (Å²) in [5.41, 5.74) is 4.64. The molecule has 1 aromatic carbocycles. The number of urea groups is 1. The third-order valence-corrected chi connectivity index (χ3v) is 6.77. The van der Waals surface area contributed by atoms with E-state index < -0.39 is 34.6 Å². The van der Waals surface area contributed by atoms with Gasteiger partial charge in [-0.3, -0.25) is 24.5 Å². The van der Waals surface area contributed by atoms with Gasteiger partial charge in [-0.25, -0.2) is 4.79 Å². The lowest BCUT2D eigenvalue weighted by molar-refractivity contribution is -0.135. The summed E-state index contributed by atoms with van der Waals surface area (Å²) in [6, 6.07) is 5.22. The summed E-state index contributed by atoms with van der Waals surface area (Å²) in [5, 5.41) is 6.30. The van der Waals surface area contributed by atoms with Crippen LogP contribution in [0.5, 0.6) is 5.75 Å². The van der Waals surface area contributed by atoms with Crippen LogP contribution in [-0.4, -0.2) is 54.3 Å². The van der Waals surface area contributed by atoms with E-state index in [4.69, 9.17) is 10.5 Å². The fourth-order valence-corrected chi connectivity index (χ4v) is 4.98. The lowest BCUT2D eigenvalue weighted by atomic mass is 9.76.